The lowest BCUT2D eigenvalue weighted by atomic mass is 9.48. The molecule has 6 atom stereocenters. The fraction of sp³-hybridized carbons (Fsp3) is 0.667. The normalized spacial score (nSPS) is 43.3. The molecule has 2 saturated carbocycles. The van der Waals surface area contributed by atoms with Gasteiger partial charge < -0.3 is 9.84 Å². The molecule has 0 bridgehead atoms. The van der Waals surface area contributed by atoms with E-state index in [2.05, 4.69) is 38.1 Å². The first-order valence-corrected chi connectivity index (χ1v) is 11.5. The Morgan fingerprint density at radius 3 is 2.74 bits per heavy atom. The van der Waals surface area contributed by atoms with E-state index in [1.165, 1.54) is 49.0 Å². The number of aliphatic hydroxyl groups is 1. The molecule has 4 aliphatic carbocycles. The van der Waals surface area contributed by atoms with E-state index >= 15 is 0 Å². The Bertz CT molecular complexity index is 805. The van der Waals surface area contributed by atoms with Gasteiger partial charge in [0.2, 0.25) is 0 Å². The number of hydrogen-bond acceptors (Lipinski definition) is 3. The smallest absolute Gasteiger partial charge is 0.173 e. The van der Waals surface area contributed by atoms with Gasteiger partial charge in [0.05, 0.1) is 13.2 Å². The number of aliphatic hydroxyl groups excluding tert-OH is 1. The highest BCUT2D eigenvalue weighted by molar-refractivity contribution is 7.14. The highest BCUT2D eigenvalue weighted by Crippen LogP contribution is 2.64. The van der Waals surface area contributed by atoms with Crippen LogP contribution in [0, 0.1) is 28.6 Å². The fourth-order valence-corrected chi connectivity index (χ4v) is 7.96. The zero-order chi connectivity index (χ0) is 18.8. The van der Waals surface area contributed by atoms with E-state index in [0.29, 0.717) is 11.3 Å². The summed E-state index contributed by atoms with van der Waals surface area (Å²) in [5.74, 6) is 2.27. The van der Waals surface area contributed by atoms with Crippen molar-refractivity contribution in [3.63, 3.8) is 0 Å². The summed E-state index contributed by atoms with van der Waals surface area (Å²) in [5.41, 5.74) is 3.57. The summed E-state index contributed by atoms with van der Waals surface area (Å²) in [4.78, 5) is 1.37. The van der Waals surface area contributed by atoms with Gasteiger partial charge in [-0.3, -0.25) is 0 Å². The molecule has 1 aromatic heterocycles. The predicted molar refractivity (Wildman–Crippen MR) is 112 cm³/mol. The molecule has 5 rings (SSSR count). The van der Waals surface area contributed by atoms with Crippen LogP contribution in [0.2, 0.25) is 0 Å². The van der Waals surface area contributed by atoms with Gasteiger partial charge in [0.15, 0.2) is 5.06 Å². The maximum atomic E-state index is 10.6. The van der Waals surface area contributed by atoms with Crippen molar-refractivity contribution in [1.82, 2.24) is 0 Å². The van der Waals surface area contributed by atoms with Gasteiger partial charge in [0, 0.05) is 4.88 Å². The third-order valence-electron chi connectivity index (χ3n) is 8.82. The average molecular weight is 385 g/mol. The van der Waals surface area contributed by atoms with Gasteiger partial charge in [-0.15, -0.1) is 0 Å². The molecule has 146 valence electrons. The van der Waals surface area contributed by atoms with Crippen LogP contribution in [-0.2, 0) is 0 Å². The Morgan fingerprint density at radius 2 is 1.96 bits per heavy atom. The van der Waals surface area contributed by atoms with Crippen molar-refractivity contribution >= 4 is 16.9 Å². The molecule has 1 aromatic rings. The van der Waals surface area contributed by atoms with Gasteiger partial charge in [-0.05, 0) is 96.8 Å². The molecule has 0 unspecified atom stereocenters. The molecule has 3 heteroatoms. The second kappa shape index (κ2) is 6.22. The van der Waals surface area contributed by atoms with E-state index in [4.69, 9.17) is 4.74 Å². The zero-order valence-electron chi connectivity index (χ0n) is 16.8. The largest absolute Gasteiger partial charge is 0.487 e. The predicted octanol–water partition coefficient (Wildman–Crippen LogP) is 6.07. The first-order valence-electron chi connectivity index (χ1n) is 10.7. The SMILES string of the molecule is COc1ccc(C2=CC3=CC[C@H]4[C@@H]5CC[C@H](O)[C@@]5(C)CC[C@@H]4[C@@]3(C)CC2)s1. The molecule has 2 nitrogen and oxygen atoms in total. The summed E-state index contributed by atoms with van der Waals surface area (Å²) in [5, 5.41) is 11.6. The van der Waals surface area contributed by atoms with Crippen LogP contribution in [0.1, 0.15) is 63.7 Å². The Morgan fingerprint density at radius 1 is 1.11 bits per heavy atom. The minimum atomic E-state index is -0.0757. The summed E-state index contributed by atoms with van der Waals surface area (Å²) in [6.45, 7) is 4.90. The number of fused-ring (bicyclic) bond motifs is 5. The van der Waals surface area contributed by atoms with E-state index in [1.54, 1.807) is 24.0 Å². The van der Waals surface area contributed by atoms with Crippen LogP contribution in [0.25, 0.3) is 5.57 Å². The molecule has 2 fully saturated rings. The first kappa shape index (κ1) is 18.0. The molecule has 0 radical (unpaired) electrons. The van der Waals surface area contributed by atoms with E-state index < -0.39 is 0 Å². The number of methoxy groups -OCH3 is 1. The van der Waals surface area contributed by atoms with E-state index in [9.17, 15) is 5.11 Å². The second-order valence-electron chi connectivity index (χ2n) is 9.82. The topological polar surface area (TPSA) is 29.5 Å². The number of hydrogen-bond donors (Lipinski definition) is 1. The van der Waals surface area contributed by atoms with E-state index in [-0.39, 0.29) is 11.5 Å². The molecule has 0 aliphatic heterocycles. The molecule has 0 spiro atoms. The van der Waals surface area contributed by atoms with E-state index in [1.807, 2.05) is 0 Å². The van der Waals surface area contributed by atoms with Gasteiger partial charge in [-0.25, -0.2) is 0 Å². The van der Waals surface area contributed by atoms with Crippen molar-refractivity contribution < 1.29 is 9.84 Å². The van der Waals surface area contributed by atoms with Crippen LogP contribution in [0.3, 0.4) is 0 Å². The van der Waals surface area contributed by atoms with Crippen molar-refractivity contribution in [2.45, 2.75) is 64.9 Å². The number of ether oxygens (including phenoxy) is 1. The minimum absolute atomic E-state index is 0.0757. The summed E-state index contributed by atoms with van der Waals surface area (Å²) < 4.78 is 5.40. The zero-order valence-corrected chi connectivity index (χ0v) is 17.6. The highest BCUT2D eigenvalue weighted by atomic mass is 32.1. The molecule has 4 aliphatic rings. The fourth-order valence-electron chi connectivity index (χ4n) is 7.09. The van der Waals surface area contributed by atoms with Gasteiger partial charge in [0.1, 0.15) is 0 Å². The molecule has 1 N–H and O–H groups in total. The average Bonchev–Trinajstić information content (AvgIpc) is 3.26. The Labute approximate surface area is 167 Å². The van der Waals surface area contributed by atoms with Crippen LogP contribution in [-0.4, -0.2) is 18.3 Å². The molecule has 0 saturated heterocycles. The maximum Gasteiger partial charge on any atom is 0.173 e. The van der Waals surface area contributed by atoms with Gasteiger partial charge in [0.25, 0.3) is 0 Å². The standard InChI is InChI=1S/C24H32O2S/c1-23-12-10-15(20-7-9-22(26-3)27-20)14-16(23)4-5-17-18-6-8-21(25)24(18,2)13-11-19(17)23/h4,7,9,14,17-19,21,25H,5-6,8,10-13H2,1-3H3/t17-,18-,19-,21-,23-,24-/m0/s1. The Kier molecular flexibility index (Phi) is 4.15. The monoisotopic (exact) mass is 384 g/mol. The van der Waals surface area contributed by atoms with Gasteiger partial charge in [-0.1, -0.05) is 37.3 Å². The summed E-state index contributed by atoms with van der Waals surface area (Å²) in [6, 6.07) is 4.31. The van der Waals surface area contributed by atoms with Crippen molar-refractivity contribution in [3.05, 3.63) is 34.7 Å². The Hall–Kier alpha value is -1.06. The molecular weight excluding hydrogens is 352 g/mol. The summed E-state index contributed by atoms with van der Waals surface area (Å²) >= 11 is 1.77. The molecule has 27 heavy (non-hydrogen) atoms. The van der Waals surface area contributed by atoms with Crippen molar-refractivity contribution in [2.75, 3.05) is 7.11 Å². The maximum absolute atomic E-state index is 10.6. The number of thiophene rings is 1. The lowest BCUT2D eigenvalue weighted by Gasteiger charge is -2.56. The van der Waals surface area contributed by atoms with Gasteiger partial charge >= 0.3 is 0 Å². The lowest BCUT2D eigenvalue weighted by Crippen LogP contribution is -2.50. The third-order valence-corrected chi connectivity index (χ3v) is 9.94. The van der Waals surface area contributed by atoms with Crippen molar-refractivity contribution in [2.24, 2.45) is 28.6 Å². The van der Waals surface area contributed by atoms with Crippen LogP contribution in [0.4, 0.5) is 0 Å². The summed E-state index contributed by atoms with van der Waals surface area (Å²) in [6.07, 6.45) is 13.4. The summed E-state index contributed by atoms with van der Waals surface area (Å²) in [7, 11) is 1.75. The second-order valence-corrected chi connectivity index (χ2v) is 10.9. The van der Waals surface area contributed by atoms with Crippen LogP contribution in [0.5, 0.6) is 5.06 Å². The van der Waals surface area contributed by atoms with Gasteiger partial charge in [-0.2, -0.15) is 0 Å². The number of rotatable bonds is 2. The highest BCUT2D eigenvalue weighted by Gasteiger charge is 2.57. The third kappa shape index (κ3) is 2.54. The number of allylic oxidation sites excluding steroid dienone is 4. The molecule has 1 heterocycles. The van der Waals surface area contributed by atoms with Crippen LogP contribution >= 0.6 is 11.3 Å². The van der Waals surface area contributed by atoms with Crippen LogP contribution < -0.4 is 4.74 Å². The first-order chi connectivity index (χ1) is 13.0. The van der Waals surface area contributed by atoms with E-state index in [0.717, 1.165) is 23.3 Å². The minimum Gasteiger partial charge on any atom is -0.487 e. The van der Waals surface area contributed by atoms with Crippen molar-refractivity contribution in [1.29, 1.82) is 0 Å². The van der Waals surface area contributed by atoms with Crippen LogP contribution in [0.15, 0.2) is 29.9 Å². The molecule has 0 aromatic carbocycles. The Balaban J connectivity index is 1.47. The van der Waals surface area contributed by atoms with Crippen molar-refractivity contribution in [3.8, 4) is 5.06 Å². The molecular formula is C24H32O2S. The molecule has 0 amide bonds. The quantitative estimate of drug-likeness (QED) is 0.670. The lowest BCUT2D eigenvalue weighted by molar-refractivity contribution is -0.0622.